The van der Waals surface area contributed by atoms with Gasteiger partial charge >= 0.3 is 5.97 Å². The fourth-order valence-corrected chi connectivity index (χ4v) is 2.36. The molecular weight excluding hydrogens is 242 g/mol. The predicted octanol–water partition coefficient (Wildman–Crippen LogP) is 3.25. The molecule has 1 aromatic heterocycles. The number of methoxy groups -OCH3 is 1. The van der Waals surface area contributed by atoms with Crippen molar-refractivity contribution in [3.63, 3.8) is 0 Å². The normalized spacial score (nSPS) is 11.2. The van der Waals surface area contributed by atoms with Crippen molar-refractivity contribution >= 4 is 16.9 Å². The van der Waals surface area contributed by atoms with Gasteiger partial charge in [0.05, 0.1) is 12.6 Å². The van der Waals surface area contributed by atoms with Crippen LogP contribution in [0.2, 0.25) is 0 Å². The Morgan fingerprint density at radius 3 is 2.74 bits per heavy atom. The second kappa shape index (κ2) is 5.34. The lowest BCUT2D eigenvalue weighted by Crippen LogP contribution is -2.00. The molecule has 102 valence electrons. The standard InChI is InChI=1S/C15H19NO3/c1-10(2)16-9-11(7-8-14(17)18)12-5-4-6-13(19-3)15(12)16/h4-6,9-10H,7-8H2,1-3H3,(H,17,18). The van der Waals surface area contributed by atoms with E-state index in [-0.39, 0.29) is 6.42 Å². The van der Waals surface area contributed by atoms with E-state index in [0.29, 0.717) is 12.5 Å². The SMILES string of the molecule is COc1cccc2c(CCC(=O)O)cn(C(C)C)c12. The maximum absolute atomic E-state index is 10.7. The highest BCUT2D eigenvalue weighted by atomic mass is 16.5. The number of para-hydroxylation sites is 1. The van der Waals surface area contributed by atoms with Crippen LogP contribution in [0.5, 0.6) is 5.75 Å². The van der Waals surface area contributed by atoms with Crippen LogP contribution in [0, 0.1) is 0 Å². The van der Waals surface area contributed by atoms with Gasteiger partial charge in [0.25, 0.3) is 0 Å². The Labute approximate surface area is 112 Å². The first-order chi connectivity index (χ1) is 9.04. The molecule has 0 radical (unpaired) electrons. The van der Waals surface area contributed by atoms with Gasteiger partial charge < -0.3 is 14.4 Å². The van der Waals surface area contributed by atoms with Crippen LogP contribution in [-0.2, 0) is 11.2 Å². The number of fused-ring (bicyclic) bond motifs is 1. The van der Waals surface area contributed by atoms with Gasteiger partial charge in [0.2, 0.25) is 0 Å². The van der Waals surface area contributed by atoms with Gasteiger partial charge in [-0.25, -0.2) is 0 Å². The number of carboxylic acids is 1. The smallest absolute Gasteiger partial charge is 0.303 e. The van der Waals surface area contributed by atoms with Gasteiger partial charge in [-0.2, -0.15) is 0 Å². The third kappa shape index (κ3) is 2.57. The first-order valence-electron chi connectivity index (χ1n) is 6.42. The van der Waals surface area contributed by atoms with Gasteiger partial charge in [-0.3, -0.25) is 4.79 Å². The van der Waals surface area contributed by atoms with E-state index in [0.717, 1.165) is 22.2 Å². The molecule has 4 nitrogen and oxygen atoms in total. The maximum Gasteiger partial charge on any atom is 0.303 e. The lowest BCUT2D eigenvalue weighted by molar-refractivity contribution is -0.136. The number of benzene rings is 1. The van der Waals surface area contributed by atoms with Crippen LogP contribution in [-0.4, -0.2) is 22.8 Å². The highest BCUT2D eigenvalue weighted by Gasteiger charge is 2.14. The number of aromatic nitrogens is 1. The third-order valence-corrected chi connectivity index (χ3v) is 3.28. The van der Waals surface area contributed by atoms with E-state index in [2.05, 4.69) is 18.4 Å². The fourth-order valence-electron chi connectivity index (χ4n) is 2.36. The van der Waals surface area contributed by atoms with Crippen LogP contribution in [0.4, 0.5) is 0 Å². The number of carbonyl (C=O) groups is 1. The lowest BCUT2D eigenvalue weighted by Gasteiger charge is -2.11. The minimum atomic E-state index is -0.770. The Kier molecular flexibility index (Phi) is 3.79. The van der Waals surface area contributed by atoms with Gasteiger partial charge in [0, 0.05) is 24.0 Å². The zero-order chi connectivity index (χ0) is 14.0. The summed E-state index contributed by atoms with van der Waals surface area (Å²) in [5.74, 6) is 0.0566. The monoisotopic (exact) mass is 261 g/mol. The average molecular weight is 261 g/mol. The van der Waals surface area contributed by atoms with E-state index in [4.69, 9.17) is 9.84 Å². The van der Waals surface area contributed by atoms with Gasteiger partial charge in [0.15, 0.2) is 0 Å². The first-order valence-corrected chi connectivity index (χ1v) is 6.42. The molecule has 1 N–H and O–H groups in total. The molecule has 1 aromatic carbocycles. The van der Waals surface area contributed by atoms with Gasteiger partial charge in [-0.05, 0) is 31.9 Å². The Morgan fingerprint density at radius 2 is 2.16 bits per heavy atom. The summed E-state index contributed by atoms with van der Waals surface area (Å²) in [4.78, 5) is 10.7. The van der Waals surface area contributed by atoms with Crippen molar-refractivity contribution in [1.29, 1.82) is 0 Å². The zero-order valence-corrected chi connectivity index (χ0v) is 11.5. The van der Waals surface area contributed by atoms with Crippen molar-refractivity contribution in [1.82, 2.24) is 4.57 Å². The van der Waals surface area contributed by atoms with Crippen molar-refractivity contribution in [2.24, 2.45) is 0 Å². The number of aliphatic carboxylic acids is 1. The van der Waals surface area contributed by atoms with Crippen molar-refractivity contribution in [3.8, 4) is 5.75 Å². The molecule has 0 spiro atoms. The number of ether oxygens (including phenoxy) is 1. The number of aryl methyl sites for hydroxylation is 1. The number of nitrogens with zero attached hydrogens (tertiary/aromatic N) is 1. The maximum atomic E-state index is 10.7. The van der Waals surface area contributed by atoms with Crippen LogP contribution in [0.15, 0.2) is 24.4 Å². The molecule has 0 aliphatic carbocycles. The number of hydrogen-bond acceptors (Lipinski definition) is 2. The van der Waals surface area contributed by atoms with E-state index >= 15 is 0 Å². The molecule has 0 aliphatic rings. The highest BCUT2D eigenvalue weighted by molar-refractivity contribution is 5.89. The van der Waals surface area contributed by atoms with E-state index in [1.807, 2.05) is 24.4 Å². The first kappa shape index (κ1) is 13.5. The summed E-state index contributed by atoms with van der Waals surface area (Å²) in [6.07, 6.45) is 2.73. The minimum Gasteiger partial charge on any atom is -0.495 e. The molecule has 1 heterocycles. The van der Waals surface area contributed by atoms with Crippen molar-refractivity contribution in [3.05, 3.63) is 30.0 Å². The van der Waals surface area contributed by atoms with Crippen LogP contribution in [0.25, 0.3) is 10.9 Å². The van der Waals surface area contributed by atoms with Crippen molar-refractivity contribution in [2.45, 2.75) is 32.7 Å². The summed E-state index contributed by atoms with van der Waals surface area (Å²) in [7, 11) is 1.66. The fraction of sp³-hybridized carbons (Fsp3) is 0.400. The molecule has 0 saturated heterocycles. The minimum absolute atomic E-state index is 0.147. The molecule has 0 unspecified atom stereocenters. The highest BCUT2D eigenvalue weighted by Crippen LogP contribution is 2.32. The molecular formula is C15H19NO3. The molecule has 19 heavy (non-hydrogen) atoms. The van der Waals surface area contributed by atoms with Crippen LogP contribution < -0.4 is 4.74 Å². The van der Waals surface area contributed by atoms with Crippen LogP contribution in [0.1, 0.15) is 31.9 Å². The quantitative estimate of drug-likeness (QED) is 0.898. The van der Waals surface area contributed by atoms with E-state index < -0.39 is 5.97 Å². The molecule has 0 saturated carbocycles. The molecule has 0 fully saturated rings. The Hall–Kier alpha value is -1.97. The largest absolute Gasteiger partial charge is 0.495 e. The van der Waals surface area contributed by atoms with E-state index in [1.54, 1.807) is 7.11 Å². The van der Waals surface area contributed by atoms with Crippen molar-refractivity contribution in [2.75, 3.05) is 7.11 Å². The second-order valence-electron chi connectivity index (χ2n) is 4.91. The van der Waals surface area contributed by atoms with E-state index in [1.165, 1.54) is 0 Å². The molecule has 0 aliphatic heterocycles. The van der Waals surface area contributed by atoms with Crippen molar-refractivity contribution < 1.29 is 14.6 Å². The molecule has 2 rings (SSSR count). The summed E-state index contributed by atoms with van der Waals surface area (Å²) in [6.45, 7) is 4.21. The van der Waals surface area contributed by atoms with Crippen LogP contribution in [0.3, 0.4) is 0 Å². The van der Waals surface area contributed by atoms with Gasteiger partial charge in [-0.15, -0.1) is 0 Å². The Morgan fingerprint density at radius 1 is 1.42 bits per heavy atom. The molecule has 0 amide bonds. The summed E-state index contributed by atoms with van der Waals surface area (Å²) < 4.78 is 7.56. The second-order valence-corrected chi connectivity index (χ2v) is 4.91. The summed E-state index contributed by atoms with van der Waals surface area (Å²) in [5, 5.41) is 9.91. The summed E-state index contributed by atoms with van der Waals surface area (Å²) >= 11 is 0. The zero-order valence-electron chi connectivity index (χ0n) is 11.5. The average Bonchev–Trinajstić information content (AvgIpc) is 2.75. The van der Waals surface area contributed by atoms with Gasteiger partial charge in [0.1, 0.15) is 5.75 Å². The third-order valence-electron chi connectivity index (χ3n) is 3.28. The van der Waals surface area contributed by atoms with E-state index in [9.17, 15) is 4.79 Å². The topological polar surface area (TPSA) is 51.5 Å². The van der Waals surface area contributed by atoms with Crippen LogP contribution >= 0.6 is 0 Å². The summed E-state index contributed by atoms with van der Waals surface area (Å²) in [5.41, 5.74) is 2.10. The number of rotatable bonds is 5. The molecule has 2 aromatic rings. The number of hydrogen-bond donors (Lipinski definition) is 1. The summed E-state index contributed by atoms with van der Waals surface area (Å²) in [6, 6.07) is 6.20. The molecule has 0 atom stereocenters. The lowest BCUT2D eigenvalue weighted by atomic mass is 10.1. The van der Waals surface area contributed by atoms with Gasteiger partial charge in [-0.1, -0.05) is 12.1 Å². The predicted molar refractivity (Wildman–Crippen MR) is 74.8 cm³/mol. The number of carboxylic acid groups (broad SMARTS) is 1. The molecule has 4 heteroatoms. The molecule has 0 bridgehead atoms. The Bertz CT molecular complexity index is 599. The Balaban J connectivity index is 2.57.